The van der Waals surface area contributed by atoms with Crippen LogP contribution < -0.4 is 10.2 Å². The summed E-state index contributed by atoms with van der Waals surface area (Å²) in [7, 11) is -1.01. The molecule has 92 valence electrons. The fraction of sp³-hybridized carbons (Fsp3) is 0.455. The van der Waals surface area contributed by atoms with E-state index in [-0.39, 0.29) is 19.3 Å². The van der Waals surface area contributed by atoms with Crippen molar-refractivity contribution in [1.29, 1.82) is 0 Å². The van der Waals surface area contributed by atoms with Gasteiger partial charge in [-0.25, -0.2) is 0 Å². The summed E-state index contributed by atoms with van der Waals surface area (Å²) in [4.78, 5) is 0. The van der Waals surface area contributed by atoms with Gasteiger partial charge in [-0.1, -0.05) is 18.5 Å². The van der Waals surface area contributed by atoms with Crippen LogP contribution >= 0.6 is 11.6 Å². The second kappa shape index (κ2) is 5.27. The molecule has 2 N–H and O–H groups in total. The minimum atomic E-state index is -1.01. The number of aliphatic hydroxyl groups is 1. The van der Waals surface area contributed by atoms with Gasteiger partial charge >= 0.3 is 7.12 Å². The molecule has 0 saturated carbocycles. The maximum atomic E-state index is 9.86. The standard InChI is InChI=1S/C11H14BClO4/c1-2-8-10-7(13)3-4-9(16-6-5-14)11(10)12(15)17-8/h3-4,8,14-15H,2,5-6H2,1H3/t8-/m1/s1. The molecule has 17 heavy (non-hydrogen) atoms. The van der Waals surface area contributed by atoms with Crippen LogP contribution in [0.25, 0.3) is 0 Å². The van der Waals surface area contributed by atoms with Crippen LogP contribution in [0.3, 0.4) is 0 Å². The maximum absolute atomic E-state index is 9.86. The smallest absolute Gasteiger partial charge is 0.492 e. The lowest BCUT2D eigenvalue weighted by Gasteiger charge is -2.12. The van der Waals surface area contributed by atoms with E-state index in [0.29, 0.717) is 16.2 Å². The van der Waals surface area contributed by atoms with Crippen molar-refractivity contribution in [2.45, 2.75) is 19.4 Å². The third-order valence-electron chi connectivity index (χ3n) is 2.78. The molecule has 1 aromatic carbocycles. The quantitative estimate of drug-likeness (QED) is 0.785. The summed E-state index contributed by atoms with van der Waals surface area (Å²) in [5.74, 6) is 0.516. The molecule has 0 fully saturated rings. The van der Waals surface area contributed by atoms with Gasteiger partial charge in [0.1, 0.15) is 12.4 Å². The van der Waals surface area contributed by atoms with Gasteiger partial charge in [0, 0.05) is 16.0 Å². The lowest BCUT2D eigenvalue weighted by Crippen LogP contribution is -2.30. The van der Waals surface area contributed by atoms with Crippen molar-refractivity contribution < 1.29 is 19.5 Å². The maximum Gasteiger partial charge on any atom is 0.495 e. The van der Waals surface area contributed by atoms with Gasteiger partial charge in [-0.15, -0.1) is 0 Å². The highest BCUT2D eigenvalue weighted by Gasteiger charge is 2.38. The third-order valence-corrected chi connectivity index (χ3v) is 3.11. The zero-order chi connectivity index (χ0) is 12.4. The molecular formula is C11H14BClO4. The van der Waals surface area contributed by atoms with E-state index >= 15 is 0 Å². The second-order valence-corrected chi connectivity index (χ2v) is 4.24. The number of rotatable bonds is 4. The van der Waals surface area contributed by atoms with Crippen LogP contribution in [-0.4, -0.2) is 30.5 Å². The van der Waals surface area contributed by atoms with Crippen LogP contribution in [0.1, 0.15) is 25.0 Å². The van der Waals surface area contributed by atoms with Gasteiger partial charge in [0.2, 0.25) is 0 Å². The van der Waals surface area contributed by atoms with Gasteiger partial charge in [0.25, 0.3) is 0 Å². The highest BCUT2D eigenvalue weighted by molar-refractivity contribution is 6.63. The third kappa shape index (κ3) is 2.28. The highest BCUT2D eigenvalue weighted by atomic mass is 35.5. The van der Waals surface area contributed by atoms with Crippen LogP contribution in [0.4, 0.5) is 0 Å². The normalized spacial score (nSPS) is 18.4. The van der Waals surface area contributed by atoms with Crippen molar-refractivity contribution in [1.82, 2.24) is 0 Å². The van der Waals surface area contributed by atoms with Crippen molar-refractivity contribution in [2.24, 2.45) is 0 Å². The Labute approximate surface area is 105 Å². The minimum absolute atomic E-state index is 0.0778. The van der Waals surface area contributed by atoms with Gasteiger partial charge in [0.15, 0.2) is 0 Å². The van der Waals surface area contributed by atoms with Gasteiger partial charge in [0.05, 0.1) is 12.7 Å². The Bertz CT molecular complexity index is 413. The zero-order valence-electron chi connectivity index (χ0n) is 9.52. The summed E-state index contributed by atoms with van der Waals surface area (Å²) in [6.07, 6.45) is 0.526. The molecule has 1 aliphatic rings. The van der Waals surface area contributed by atoms with Crippen molar-refractivity contribution in [3.63, 3.8) is 0 Å². The van der Waals surface area contributed by atoms with Gasteiger partial charge in [-0.2, -0.15) is 0 Å². The number of hydrogen-bond acceptors (Lipinski definition) is 4. The summed E-state index contributed by atoms with van der Waals surface area (Å²) in [5, 5.41) is 19.2. The first-order valence-electron chi connectivity index (χ1n) is 5.58. The first-order chi connectivity index (χ1) is 8.19. The zero-order valence-corrected chi connectivity index (χ0v) is 10.3. The van der Waals surface area contributed by atoms with Gasteiger partial charge in [-0.05, 0) is 18.6 Å². The highest BCUT2D eigenvalue weighted by Crippen LogP contribution is 2.35. The molecule has 0 saturated heterocycles. The van der Waals surface area contributed by atoms with E-state index in [1.165, 1.54) is 0 Å². The molecule has 0 aliphatic carbocycles. The first kappa shape index (κ1) is 12.7. The Balaban J connectivity index is 2.42. The molecule has 0 radical (unpaired) electrons. The Morgan fingerprint density at radius 2 is 2.29 bits per heavy atom. The lowest BCUT2D eigenvalue weighted by molar-refractivity contribution is 0.186. The van der Waals surface area contributed by atoms with E-state index in [4.69, 9.17) is 26.1 Å². The average molecular weight is 256 g/mol. The second-order valence-electron chi connectivity index (χ2n) is 3.83. The molecule has 6 heteroatoms. The number of fused-ring (bicyclic) bond motifs is 1. The van der Waals surface area contributed by atoms with Crippen molar-refractivity contribution >= 4 is 24.2 Å². The summed E-state index contributed by atoms with van der Waals surface area (Å²) in [6, 6.07) is 3.40. The average Bonchev–Trinajstić information content (AvgIpc) is 2.67. The van der Waals surface area contributed by atoms with E-state index in [0.717, 1.165) is 12.0 Å². The van der Waals surface area contributed by atoms with Crippen molar-refractivity contribution in [3.8, 4) is 5.75 Å². The van der Waals surface area contributed by atoms with Crippen LogP contribution in [0.5, 0.6) is 5.75 Å². The molecule has 1 atom stereocenters. The molecule has 2 rings (SSSR count). The molecule has 1 aliphatic heterocycles. The van der Waals surface area contributed by atoms with E-state index in [2.05, 4.69) is 0 Å². The minimum Gasteiger partial charge on any atom is -0.492 e. The predicted molar refractivity (Wildman–Crippen MR) is 65.8 cm³/mol. The van der Waals surface area contributed by atoms with Crippen LogP contribution in [-0.2, 0) is 4.65 Å². The molecule has 1 heterocycles. The van der Waals surface area contributed by atoms with E-state index in [9.17, 15) is 5.02 Å². The number of ether oxygens (including phenoxy) is 1. The van der Waals surface area contributed by atoms with Crippen molar-refractivity contribution in [3.05, 3.63) is 22.7 Å². The van der Waals surface area contributed by atoms with E-state index in [1.54, 1.807) is 12.1 Å². The summed E-state index contributed by atoms with van der Waals surface area (Å²) >= 11 is 6.12. The SMILES string of the molecule is CC[C@H]1OB(O)c2c(OCCO)ccc(Cl)c21. The fourth-order valence-electron chi connectivity index (χ4n) is 2.05. The molecule has 0 aromatic heterocycles. The van der Waals surface area contributed by atoms with Gasteiger partial charge in [-0.3, -0.25) is 0 Å². The first-order valence-corrected chi connectivity index (χ1v) is 5.96. The fourth-order valence-corrected chi connectivity index (χ4v) is 2.33. The Kier molecular flexibility index (Phi) is 3.94. The number of aliphatic hydroxyl groups excluding tert-OH is 1. The molecule has 1 aromatic rings. The Morgan fingerprint density at radius 1 is 1.53 bits per heavy atom. The Morgan fingerprint density at radius 3 is 2.94 bits per heavy atom. The topological polar surface area (TPSA) is 58.9 Å². The molecule has 0 spiro atoms. The molecule has 0 amide bonds. The molecular weight excluding hydrogens is 242 g/mol. The van der Waals surface area contributed by atoms with E-state index in [1.807, 2.05) is 6.92 Å². The van der Waals surface area contributed by atoms with Crippen LogP contribution in [0.2, 0.25) is 5.02 Å². The van der Waals surface area contributed by atoms with Crippen molar-refractivity contribution in [2.75, 3.05) is 13.2 Å². The molecule has 4 nitrogen and oxygen atoms in total. The summed E-state index contributed by atoms with van der Waals surface area (Å²) in [5.41, 5.74) is 1.37. The molecule has 0 bridgehead atoms. The monoisotopic (exact) mass is 256 g/mol. The number of halogens is 1. The van der Waals surface area contributed by atoms with Crippen LogP contribution in [0.15, 0.2) is 12.1 Å². The summed E-state index contributed by atoms with van der Waals surface area (Å²) < 4.78 is 10.8. The number of benzene rings is 1. The van der Waals surface area contributed by atoms with Crippen LogP contribution in [0, 0.1) is 0 Å². The lowest BCUT2D eigenvalue weighted by atomic mass is 9.78. The molecule has 0 unspecified atom stereocenters. The Hall–Kier alpha value is -0.745. The largest absolute Gasteiger partial charge is 0.495 e. The predicted octanol–water partition coefficient (Wildman–Crippen LogP) is 0.880. The van der Waals surface area contributed by atoms with E-state index < -0.39 is 7.12 Å². The van der Waals surface area contributed by atoms with Gasteiger partial charge < -0.3 is 19.5 Å². The number of hydrogen-bond donors (Lipinski definition) is 2. The summed E-state index contributed by atoms with van der Waals surface area (Å²) in [6.45, 7) is 2.06.